The number of aliphatic carboxylic acids is 1. The zero-order valence-electron chi connectivity index (χ0n) is 9.04. The Labute approximate surface area is 103 Å². The highest BCUT2D eigenvalue weighted by atomic mass is 32.1. The molecule has 2 aromatic rings. The Kier molecular flexibility index (Phi) is 3.44. The van der Waals surface area contributed by atoms with E-state index in [-0.39, 0.29) is 18.1 Å². The molecule has 1 aromatic carbocycles. The number of carboxylic acids is 1. The normalized spacial score (nSPS) is 12.2. The summed E-state index contributed by atoms with van der Waals surface area (Å²) in [5.41, 5.74) is 0.910. The quantitative estimate of drug-likeness (QED) is 0.874. The van der Waals surface area contributed by atoms with Gasteiger partial charge in [-0.3, -0.25) is 4.79 Å². The first-order chi connectivity index (χ1) is 8.16. The standard InChI is InChI=1S/C13H12O3S/c14-10-5-3-9(4-6-10)11(8-13(15)16)12-2-1-7-17-12/h1-7,11,14H,8H2,(H,15,16). The average Bonchev–Trinajstić information content (AvgIpc) is 2.80. The Bertz CT molecular complexity index is 488. The number of aromatic hydroxyl groups is 1. The fourth-order valence-corrected chi connectivity index (χ4v) is 2.61. The van der Waals surface area contributed by atoms with E-state index in [1.165, 1.54) is 0 Å². The fraction of sp³-hybridized carbons (Fsp3) is 0.154. The highest BCUT2D eigenvalue weighted by Gasteiger charge is 2.18. The van der Waals surface area contributed by atoms with Gasteiger partial charge in [-0.15, -0.1) is 11.3 Å². The SMILES string of the molecule is O=C(O)CC(c1ccc(O)cc1)c1cccs1. The number of carbonyl (C=O) groups is 1. The lowest BCUT2D eigenvalue weighted by atomic mass is 9.94. The van der Waals surface area contributed by atoms with Crippen molar-refractivity contribution in [3.63, 3.8) is 0 Å². The molecule has 2 rings (SSSR count). The van der Waals surface area contributed by atoms with Crippen LogP contribution in [0.2, 0.25) is 0 Å². The van der Waals surface area contributed by atoms with Crippen molar-refractivity contribution in [1.82, 2.24) is 0 Å². The third-order valence-electron chi connectivity index (χ3n) is 2.56. The van der Waals surface area contributed by atoms with Crippen LogP contribution in [-0.4, -0.2) is 16.2 Å². The molecule has 0 fully saturated rings. The molecule has 2 N–H and O–H groups in total. The summed E-state index contributed by atoms with van der Waals surface area (Å²) >= 11 is 1.55. The summed E-state index contributed by atoms with van der Waals surface area (Å²) in [6.45, 7) is 0. The second-order valence-corrected chi connectivity index (χ2v) is 4.74. The van der Waals surface area contributed by atoms with E-state index < -0.39 is 5.97 Å². The second kappa shape index (κ2) is 5.01. The number of carboxylic acid groups (broad SMARTS) is 1. The summed E-state index contributed by atoms with van der Waals surface area (Å²) in [6.07, 6.45) is 0.0608. The van der Waals surface area contributed by atoms with Gasteiger partial charge in [0.1, 0.15) is 5.75 Å². The largest absolute Gasteiger partial charge is 0.508 e. The minimum Gasteiger partial charge on any atom is -0.508 e. The third-order valence-corrected chi connectivity index (χ3v) is 3.55. The van der Waals surface area contributed by atoms with Crippen molar-refractivity contribution in [2.24, 2.45) is 0 Å². The molecule has 0 bridgehead atoms. The van der Waals surface area contributed by atoms with Gasteiger partial charge in [0.25, 0.3) is 0 Å². The molecule has 17 heavy (non-hydrogen) atoms. The van der Waals surface area contributed by atoms with Crippen LogP contribution in [-0.2, 0) is 4.79 Å². The van der Waals surface area contributed by atoms with Gasteiger partial charge < -0.3 is 10.2 Å². The molecule has 4 heteroatoms. The topological polar surface area (TPSA) is 57.5 Å². The smallest absolute Gasteiger partial charge is 0.304 e. The molecule has 1 aromatic heterocycles. The number of phenols is 1. The molecule has 0 aliphatic heterocycles. The lowest BCUT2D eigenvalue weighted by Gasteiger charge is -2.13. The van der Waals surface area contributed by atoms with Crippen molar-refractivity contribution in [2.45, 2.75) is 12.3 Å². The van der Waals surface area contributed by atoms with Crippen molar-refractivity contribution in [3.05, 3.63) is 52.2 Å². The van der Waals surface area contributed by atoms with Gasteiger partial charge in [0.05, 0.1) is 6.42 Å². The maximum Gasteiger partial charge on any atom is 0.304 e. The zero-order chi connectivity index (χ0) is 12.3. The van der Waals surface area contributed by atoms with Gasteiger partial charge in [-0.05, 0) is 29.1 Å². The second-order valence-electron chi connectivity index (χ2n) is 3.76. The van der Waals surface area contributed by atoms with Crippen molar-refractivity contribution < 1.29 is 15.0 Å². The van der Waals surface area contributed by atoms with E-state index in [0.29, 0.717) is 0 Å². The van der Waals surface area contributed by atoms with E-state index in [4.69, 9.17) is 5.11 Å². The molecule has 1 heterocycles. The van der Waals surface area contributed by atoms with Gasteiger partial charge in [0, 0.05) is 10.8 Å². The highest BCUT2D eigenvalue weighted by molar-refractivity contribution is 7.10. The van der Waals surface area contributed by atoms with E-state index in [1.54, 1.807) is 35.6 Å². The van der Waals surface area contributed by atoms with Gasteiger partial charge >= 0.3 is 5.97 Å². The minimum atomic E-state index is -0.823. The fourth-order valence-electron chi connectivity index (χ4n) is 1.75. The lowest BCUT2D eigenvalue weighted by molar-refractivity contribution is -0.137. The Morgan fingerprint density at radius 2 is 1.94 bits per heavy atom. The Morgan fingerprint density at radius 1 is 1.24 bits per heavy atom. The van der Waals surface area contributed by atoms with Crippen LogP contribution in [0.3, 0.4) is 0 Å². The first-order valence-corrected chi connectivity index (χ1v) is 6.09. The molecule has 0 saturated carbocycles. The monoisotopic (exact) mass is 248 g/mol. The van der Waals surface area contributed by atoms with E-state index in [1.807, 2.05) is 17.5 Å². The van der Waals surface area contributed by atoms with Crippen molar-refractivity contribution in [1.29, 1.82) is 0 Å². The van der Waals surface area contributed by atoms with E-state index in [0.717, 1.165) is 10.4 Å². The van der Waals surface area contributed by atoms with Crippen molar-refractivity contribution in [3.8, 4) is 5.75 Å². The van der Waals surface area contributed by atoms with Gasteiger partial charge in [0.2, 0.25) is 0 Å². The molecular formula is C13H12O3S. The maximum atomic E-state index is 10.9. The van der Waals surface area contributed by atoms with Crippen LogP contribution < -0.4 is 0 Å². The van der Waals surface area contributed by atoms with E-state index >= 15 is 0 Å². The van der Waals surface area contributed by atoms with Gasteiger partial charge in [0.15, 0.2) is 0 Å². The summed E-state index contributed by atoms with van der Waals surface area (Å²) in [6, 6.07) is 10.5. The van der Waals surface area contributed by atoms with Crippen LogP contribution in [0.1, 0.15) is 22.8 Å². The molecule has 1 unspecified atom stereocenters. The molecular weight excluding hydrogens is 236 g/mol. The summed E-state index contributed by atoms with van der Waals surface area (Å²) < 4.78 is 0. The number of thiophene rings is 1. The molecule has 0 spiro atoms. The molecule has 3 nitrogen and oxygen atoms in total. The molecule has 0 aliphatic carbocycles. The Hall–Kier alpha value is -1.81. The van der Waals surface area contributed by atoms with Gasteiger partial charge in [-0.25, -0.2) is 0 Å². The molecule has 1 atom stereocenters. The molecule has 0 aliphatic rings. The summed E-state index contributed by atoms with van der Waals surface area (Å²) in [4.78, 5) is 11.9. The number of hydrogen-bond donors (Lipinski definition) is 2. The molecule has 0 saturated heterocycles. The van der Waals surface area contributed by atoms with Crippen LogP contribution in [0.25, 0.3) is 0 Å². The average molecular weight is 248 g/mol. The van der Waals surface area contributed by atoms with E-state index in [9.17, 15) is 9.90 Å². The molecule has 0 radical (unpaired) electrons. The van der Waals surface area contributed by atoms with Gasteiger partial charge in [-0.1, -0.05) is 18.2 Å². The van der Waals surface area contributed by atoms with Crippen LogP contribution in [0.15, 0.2) is 41.8 Å². The summed E-state index contributed by atoms with van der Waals surface area (Å²) in [5, 5.41) is 20.1. The van der Waals surface area contributed by atoms with Crippen molar-refractivity contribution >= 4 is 17.3 Å². The first kappa shape index (κ1) is 11.7. The summed E-state index contributed by atoms with van der Waals surface area (Å²) in [5.74, 6) is -0.779. The van der Waals surface area contributed by atoms with Crippen LogP contribution in [0, 0.1) is 0 Å². The number of phenolic OH excluding ortho intramolecular Hbond substituents is 1. The first-order valence-electron chi connectivity index (χ1n) is 5.21. The predicted octanol–water partition coefficient (Wildman–Crippen LogP) is 3.06. The van der Waals surface area contributed by atoms with E-state index in [2.05, 4.69) is 0 Å². The molecule has 88 valence electrons. The van der Waals surface area contributed by atoms with Gasteiger partial charge in [-0.2, -0.15) is 0 Å². The third kappa shape index (κ3) is 2.85. The zero-order valence-corrected chi connectivity index (χ0v) is 9.85. The Morgan fingerprint density at radius 3 is 2.47 bits per heavy atom. The maximum absolute atomic E-state index is 10.9. The number of benzene rings is 1. The van der Waals surface area contributed by atoms with Crippen LogP contribution in [0.5, 0.6) is 5.75 Å². The summed E-state index contributed by atoms with van der Waals surface area (Å²) in [7, 11) is 0. The predicted molar refractivity (Wildman–Crippen MR) is 66.5 cm³/mol. The highest BCUT2D eigenvalue weighted by Crippen LogP contribution is 2.31. The van der Waals surface area contributed by atoms with Crippen molar-refractivity contribution in [2.75, 3.05) is 0 Å². The minimum absolute atomic E-state index is 0.0608. The number of hydrogen-bond acceptors (Lipinski definition) is 3. The van der Waals surface area contributed by atoms with Crippen LogP contribution >= 0.6 is 11.3 Å². The number of rotatable bonds is 4. The lowest BCUT2D eigenvalue weighted by Crippen LogP contribution is -2.06. The Balaban J connectivity index is 2.33. The molecule has 0 amide bonds. The van der Waals surface area contributed by atoms with Crippen LogP contribution in [0.4, 0.5) is 0 Å².